The Morgan fingerprint density at radius 3 is 2.87 bits per heavy atom. The first kappa shape index (κ1) is 20.5. The maximum absolute atomic E-state index is 14.0. The predicted octanol–water partition coefficient (Wildman–Crippen LogP) is 3.23. The number of benzene rings is 2. The molecule has 158 valence electrons. The Bertz CT molecular complexity index is 947. The second-order valence-corrected chi connectivity index (χ2v) is 7.79. The topological polar surface area (TPSA) is 55.2 Å². The number of piperidine rings is 1. The third-order valence-electron chi connectivity index (χ3n) is 5.60. The highest BCUT2D eigenvalue weighted by atomic mass is 19.1. The van der Waals surface area contributed by atoms with Crippen LogP contribution < -0.4 is 10.1 Å². The maximum Gasteiger partial charge on any atom is 0.137 e. The molecule has 4 rings (SSSR count). The van der Waals surface area contributed by atoms with Gasteiger partial charge in [0.1, 0.15) is 24.2 Å². The van der Waals surface area contributed by atoms with Crippen molar-refractivity contribution < 1.29 is 9.13 Å². The number of hydrogen-bond donors (Lipinski definition) is 1. The lowest BCUT2D eigenvalue weighted by Crippen LogP contribution is -2.45. The van der Waals surface area contributed by atoms with Crippen LogP contribution in [0.5, 0.6) is 5.75 Å². The molecule has 0 spiro atoms. The summed E-state index contributed by atoms with van der Waals surface area (Å²) in [5.41, 5.74) is 3.05. The molecule has 2 heterocycles. The highest BCUT2D eigenvalue weighted by Gasteiger charge is 2.20. The summed E-state index contributed by atoms with van der Waals surface area (Å²) in [4.78, 5) is 6.34. The van der Waals surface area contributed by atoms with E-state index >= 15 is 0 Å². The van der Waals surface area contributed by atoms with Gasteiger partial charge in [-0.1, -0.05) is 24.3 Å². The van der Waals surface area contributed by atoms with Crippen LogP contribution in [0.4, 0.5) is 4.39 Å². The standard InChI is InChI=1S/C23H28FN5O/c1-30-23-9-8-18(11-20(23)14-29-17-25-16-27-29)12-26-21-6-4-10-28(15-21)13-19-5-2-3-7-22(19)24/h2-3,5,7-9,11,16-17,21,26H,4,6,10,12-15H2,1H3. The first-order valence-corrected chi connectivity index (χ1v) is 10.4. The van der Waals surface area contributed by atoms with Crippen LogP contribution in [-0.2, 0) is 19.6 Å². The van der Waals surface area contributed by atoms with Crippen molar-refractivity contribution in [2.75, 3.05) is 20.2 Å². The van der Waals surface area contributed by atoms with Gasteiger partial charge >= 0.3 is 0 Å². The van der Waals surface area contributed by atoms with E-state index in [0.717, 1.165) is 49.4 Å². The van der Waals surface area contributed by atoms with E-state index in [1.54, 1.807) is 24.2 Å². The summed E-state index contributed by atoms with van der Waals surface area (Å²) in [5, 5.41) is 7.87. The predicted molar refractivity (Wildman–Crippen MR) is 114 cm³/mol. The Labute approximate surface area is 176 Å². The molecule has 1 unspecified atom stereocenters. The number of nitrogens with zero attached hydrogens (tertiary/aromatic N) is 4. The van der Waals surface area contributed by atoms with Crippen molar-refractivity contribution in [3.05, 3.63) is 77.6 Å². The van der Waals surface area contributed by atoms with Crippen molar-refractivity contribution in [1.29, 1.82) is 0 Å². The van der Waals surface area contributed by atoms with Gasteiger partial charge in [-0.2, -0.15) is 5.10 Å². The molecule has 0 radical (unpaired) electrons. The van der Waals surface area contributed by atoms with E-state index in [1.807, 2.05) is 18.2 Å². The minimum Gasteiger partial charge on any atom is -0.496 e. The Hall–Kier alpha value is -2.77. The Balaban J connectivity index is 1.35. The van der Waals surface area contributed by atoms with Crippen LogP contribution in [0.25, 0.3) is 0 Å². The van der Waals surface area contributed by atoms with E-state index in [1.165, 1.54) is 18.0 Å². The van der Waals surface area contributed by atoms with Gasteiger partial charge in [-0.3, -0.25) is 4.90 Å². The lowest BCUT2D eigenvalue weighted by Gasteiger charge is -2.33. The van der Waals surface area contributed by atoms with Gasteiger partial charge in [0.05, 0.1) is 13.7 Å². The fourth-order valence-electron chi connectivity index (χ4n) is 4.05. The molecule has 0 amide bonds. The van der Waals surface area contributed by atoms with Crippen LogP contribution in [0.2, 0.25) is 0 Å². The van der Waals surface area contributed by atoms with Crippen LogP contribution in [-0.4, -0.2) is 45.9 Å². The van der Waals surface area contributed by atoms with Crippen LogP contribution in [0.3, 0.4) is 0 Å². The largest absolute Gasteiger partial charge is 0.496 e. The molecular formula is C23H28FN5O. The molecule has 1 aromatic heterocycles. The molecule has 1 atom stereocenters. The number of methoxy groups -OCH3 is 1. The first-order valence-electron chi connectivity index (χ1n) is 10.4. The number of halogens is 1. The highest BCUT2D eigenvalue weighted by Crippen LogP contribution is 2.21. The third-order valence-corrected chi connectivity index (χ3v) is 5.60. The average Bonchev–Trinajstić information content (AvgIpc) is 3.27. The summed E-state index contributed by atoms with van der Waals surface area (Å²) in [5.74, 6) is 0.730. The van der Waals surface area contributed by atoms with Crippen molar-refractivity contribution >= 4 is 0 Å². The summed E-state index contributed by atoms with van der Waals surface area (Å²) in [6, 6.07) is 13.7. The van der Waals surface area contributed by atoms with Crippen molar-refractivity contribution in [1.82, 2.24) is 25.0 Å². The number of likely N-dealkylation sites (tertiary alicyclic amines) is 1. The van der Waals surface area contributed by atoms with Crippen molar-refractivity contribution in [2.24, 2.45) is 0 Å². The molecule has 6 nitrogen and oxygen atoms in total. The molecule has 1 aliphatic rings. The van der Waals surface area contributed by atoms with Gasteiger partial charge in [-0.15, -0.1) is 0 Å². The van der Waals surface area contributed by atoms with Gasteiger partial charge in [0.25, 0.3) is 0 Å². The summed E-state index contributed by atoms with van der Waals surface area (Å²) < 4.78 is 21.3. The molecule has 0 saturated carbocycles. The molecular weight excluding hydrogens is 381 g/mol. The molecule has 1 saturated heterocycles. The molecule has 30 heavy (non-hydrogen) atoms. The quantitative estimate of drug-likeness (QED) is 0.619. The van der Waals surface area contributed by atoms with Crippen molar-refractivity contribution in [2.45, 2.75) is 38.5 Å². The normalized spacial score (nSPS) is 17.2. The van der Waals surface area contributed by atoms with Crippen molar-refractivity contribution in [3.63, 3.8) is 0 Å². The fourth-order valence-corrected chi connectivity index (χ4v) is 4.05. The Kier molecular flexibility index (Phi) is 6.71. The number of ether oxygens (including phenoxy) is 1. The molecule has 2 aromatic carbocycles. The zero-order valence-electron chi connectivity index (χ0n) is 17.3. The molecule has 1 aliphatic heterocycles. The van der Waals surface area contributed by atoms with E-state index in [9.17, 15) is 4.39 Å². The molecule has 0 bridgehead atoms. The lowest BCUT2D eigenvalue weighted by atomic mass is 10.0. The van der Waals surface area contributed by atoms with Gasteiger partial charge in [-0.25, -0.2) is 14.1 Å². The van der Waals surface area contributed by atoms with E-state index in [2.05, 4.69) is 32.4 Å². The molecule has 1 fully saturated rings. The highest BCUT2D eigenvalue weighted by molar-refractivity contribution is 5.37. The molecule has 1 N–H and O–H groups in total. The molecule has 3 aromatic rings. The SMILES string of the molecule is COc1ccc(CNC2CCCN(Cc3ccccc3F)C2)cc1Cn1cncn1. The summed E-state index contributed by atoms with van der Waals surface area (Å²) in [6.45, 7) is 4.01. The fraction of sp³-hybridized carbons (Fsp3) is 0.391. The van der Waals surface area contributed by atoms with Crippen LogP contribution in [0.1, 0.15) is 29.5 Å². The van der Waals surface area contributed by atoms with Gasteiger partial charge < -0.3 is 10.1 Å². The smallest absolute Gasteiger partial charge is 0.137 e. The van der Waals surface area contributed by atoms with Crippen LogP contribution in [0, 0.1) is 5.82 Å². The van der Waals surface area contributed by atoms with E-state index < -0.39 is 0 Å². The third kappa shape index (κ3) is 5.23. The molecule has 7 heteroatoms. The van der Waals surface area contributed by atoms with E-state index in [4.69, 9.17) is 4.74 Å². The molecule has 0 aliphatic carbocycles. The van der Waals surface area contributed by atoms with Crippen LogP contribution in [0.15, 0.2) is 55.1 Å². The summed E-state index contributed by atoms with van der Waals surface area (Å²) in [7, 11) is 1.68. The zero-order chi connectivity index (χ0) is 20.8. The zero-order valence-corrected chi connectivity index (χ0v) is 17.3. The number of rotatable bonds is 8. The summed E-state index contributed by atoms with van der Waals surface area (Å²) >= 11 is 0. The number of aromatic nitrogens is 3. The van der Waals surface area contributed by atoms with E-state index in [0.29, 0.717) is 19.1 Å². The Morgan fingerprint density at radius 2 is 2.07 bits per heavy atom. The second-order valence-electron chi connectivity index (χ2n) is 7.79. The first-order chi connectivity index (χ1) is 14.7. The Morgan fingerprint density at radius 1 is 1.17 bits per heavy atom. The minimum absolute atomic E-state index is 0.120. The van der Waals surface area contributed by atoms with Gasteiger partial charge in [0.15, 0.2) is 0 Å². The van der Waals surface area contributed by atoms with Gasteiger partial charge in [0.2, 0.25) is 0 Å². The van der Waals surface area contributed by atoms with E-state index in [-0.39, 0.29) is 5.82 Å². The minimum atomic E-state index is -0.120. The average molecular weight is 410 g/mol. The second kappa shape index (κ2) is 9.82. The maximum atomic E-state index is 14.0. The van der Waals surface area contributed by atoms with Crippen molar-refractivity contribution in [3.8, 4) is 5.75 Å². The number of hydrogen-bond acceptors (Lipinski definition) is 5. The number of nitrogens with one attached hydrogen (secondary N) is 1. The van der Waals surface area contributed by atoms with Gasteiger partial charge in [0, 0.05) is 36.8 Å². The monoisotopic (exact) mass is 409 g/mol. The van der Waals surface area contributed by atoms with Crippen LogP contribution >= 0.6 is 0 Å². The lowest BCUT2D eigenvalue weighted by molar-refractivity contribution is 0.181. The summed E-state index contributed by atoms with van der Waals surface area (Å²) in [6.07, 6.45) is 5.49. The van der Waals surface area contributed by atoms with Gasteiger partial charge in [-0.05, 0) is 43.1 Å².